The minimum atomic E-state index is -1.24. The first-order valence-electron chi connectivity index (χ1n) is 8.99. The van der Waals surface area contributed by atoms with Gasteiger partial charge < -0.3 is 20.5 Å². The highest BCUT2D eigenvalue weighted by atomic mass is 32.1. The maximum absolute atomic E-state index is 13.1. The van der Waals surface area contributed by atoms with Gasteiger partial charge in [0, 0.05) is 22.7 Å². The number of hydrogen-bond acceptors (Lipinski definition) is 8. The van der Waals surface area contributed by atoms with Crippen molar-refractivity contribution in [3.63, 3.8) is 0 Å². The van der Waals surface area contributed by atoms with Gasteiger partial charge in [0.25, 0.3) is 5.91 Å². The van der Waals surface area contributed by atoms with Gasteiger partial charge in [-0.3, -0.25) is 9.59 Å². The molecule has 160 valence electrons. The number of halogens is 1. The highest BCUT2D eigenvalue weighted by Gasteiger charge is 2.51. The quantitative estimate of drug-likeness (QED) is 0.436. The minimum absolute atomic E-state index is 0.113. The molecule has 1 aliphatic rings. The Morgan fingerprint density at radius 1 is 1.19 bits per heavy atom. The average molecular weight is 462 g/mol. The molecule has 0 bridgehead atoms. The number of nitrogens with one attached hydrogen (secondary N) is 2. The fourth-order valence-electron chi connectivity index (χ4n) is 2.79. The number of carboxylic acids is 1. The Labute approximate surface area is 182 Å². The molecular formula is C19H15FN4O5S2. The summed E-state index contributed by atoms with van der Waals surface area (Å²) in [5.74, 6) is -2.82. The summed E-state index contributed by atoms with van der Waals surface area (Å²) in [4.78, 5) is 44.5. The molecular weight excluding hydrogens is 447 g/mol. The van der Waals surface area contributed by atoms with Gasteiger partial charge in [-0.1, -0.05) is 0 Å². The van der Waals surface area contributed by atoms with Gasteiger partial charge in [-0.15, -0.1) is 22.7 Å². The van der Waals surface area contributed by atoms with E-state index in [0.29, 0.717) is 22.1 Å². The van der Waals surface area contributed by atoms with Crippen LogP contribution in [0.2, 0.25) is 0 Å². The van der Waals surface area contributed by atoms with Gasteiger partial charge in [0.05, 0.1) is 16.9 Å². The molecule has 9 nitrogen and oxygen atoms in total. The van der Waals surface area contributed by atoms with Gasteiger partial charge in [0.1, 0.15) is 11.9 Å². The van der Waals surface area contributed by atoms with Crippen LogP contribution in [0.3, 0.4) is 0 Å². The lowest BCUT2D eigenvalue weighted by Gasteiger charge is -2.16. The standard InChI is InChI=1S/C19H15FN4O5S2/c20-10-3-1-9(2-4-10)13-7-31-19(23-13)24-16(25)12(5-11-6-30-8-21-11)22-17(26)14-15(29-14)18(27)28/h1-4,6-8,12,14-15H,5H2,(H,22,26)(H,27,28)(H,23,24,25). The van der Waals surface area contributed by atoms with Crippen molar-refractivity contribution in [2.45, 2.75) is 24.7 Å². The molecule has 12 heteroatoms. The molecule has 2 amide bonds. The smallest absolute Gasteiger partial charge is 0.336 e. The maximum Gasteiger partial charge on any atom is 0.336 e. The number of carboxylic acid groups (broad SMARTS) is 1. The van der Waals surface area contributed by atoms with E-state index in [9.17, 15) is 18.8 Å². The summed E-state index contributed by atoms with van der Waals surface area (Å²) in [6.45, 7) is 0. The van der Waals surface area contributed by atoms with Crippen molar-refractivity contribution in [1.29, 1.82) is 0 Å². The number of rotatable bonds is 8. The molecule has 3 heterocycles. The molecule has 1 saturated heterocycles. The fraction of sp³-hybridized carbons (Fsp3) is 0.211. The zero-order valence-corrected chi connectivity index (χ0v) is 17.3. The SMILES string of the molecule is O=C(Nc1nc(-c2ccc(F)cc2)cs1)C(Cc1cscn1)NC(=O)C1OC1C(=O)O. The zero-order valence-electron chi connectivity index (χ0n) is 15.6. The maximum atomic E-state index is 13.1. The second-order valence-corrected chi connectivity index (χ2v) is 8.17. The second kappa shape index (κ2) is 8.88. The Kier molecular flexibility index (Phi) is 6.02. The number of epoxide rings is 1. The van der Waals surface area contributed by atoms with Crippen LogP contribution in [-0.2, 0) is 25.5 Å². The summed E-state index contributed by atoms with van der Waals surface area (Å²) in [5.41, 5.74) is 3.46. The number of aromatic nitrogens is 2. The van der Waals surface area contributed by atoms with E-state index in [-0.39, 0.29) is 12.2 Å². The largest absolute Gasteiger partial charge is 0.479 e. The molecule has 0 saturated carbocycles. The number of anilines is 1. The third-order valence-electron chi connectivity index (χ3n) is 4.40. The Balaban J connectivity index is 1.45. The van der Waals surface area contributed by atoms with Crippen molar-refractivity contribution in [1.82, 2.24) is 15.3 Å². The van der Waals surface area contributed by atoms with Crippen LogP contribution < -0.4 is 10.6 Å². The number of benzene rings is 1. The van der Waals surface area contributed by atoms with Gasteiger partial charge in [0.15, 0.2) is 17.3 Å². The van der Waals surface area contributed by atoms with Crippen molar-refractivity contribution in [2.75, 3.05) is 5.32 Å². The first-order chi connectivity index (χ1) is 14.9. The van der Waals surface area contributed by atoms with Crippen molar-refractivity contribution < 1.29 is 28.6 Å². The van der Waals surface area contributed by atoms with E-state index in [1.807, 2.05) is 0 Å². The number of hydrogen-bond donors (Lipinski definition) is 3. The number of thiazole rings is 2. The molecule has 31 heavy (non-hydrogen) atoms. The van der Waals surface area contributed by atoms with Crippen LogP contribution in [-0.4, -0.2) is 51.1 Å². The van der Waals surface area contributed by atoms with Crippen LogP contribution in [0.5, 0.6) is 0 Å². The topological polar surface area (TPSA) is 134 Å². The van der Waals surface area contributed by atoms with Crippen LogP contribution in [0.25, 0.3) is 11.3 Å². The van der Waals surface area contributed by atoms with Crippen LogP contribution in [0, 0.1) is 5.82 Å². The Bertz CT molecular complexity index is 1100. The summed E-state index contributed by atoms with van der Waals surface area (Å²) >= 11 is 2.52. The van der Waals surface area contributed by atoms with Crippen molar-refractivity contribution in [3.8, 4) is 11.3 Å². The van der Waals surface area contributed by atoms with Gasteiger partial charge in [0.2, 0.25) is 5.91 Å². The molecule has 4 rings (SSSR count). The molecule has 0 aliphatic carbocycles. The van der Waals surface area contributed by atoms with E-state index in [1.54, 1.807) is 28.4 Å². The molecule has 3 unspecified atom stereocenters. The van der Waals surface area contributed by atoms with E-state index in [4.69, 9.17) is 9.84 Å². The third-order valence-corrected chi connectivity index (χ3v) is 5.79. The molecule has 1 aromatic carbocycles. The number of ether oxygens (including phenoxy) is 1. The van der Waals surface area contributed by atoms with Crippen LogP contribution in [0.4, 0.5) is 9.52 Å². The molecule has 0 spiro atoms. The first-order valence-corrected chi connectivity index (χ1v) is 10.8. The average Bonchev–Trinajstić information content (AvgIpc) is 3.15. The lowest BCUT2D eigenvalue weighted by Crippen LogP contribution is -2.47. The van der Waals surface area contributed by atoms with Crippen LogP contribution in [0.15, 0.2) is 40.5 Å². The summed E-state index contributed by atoms with van der Waals surface area (Å²) < 4.78 is 17.9. The van der Waals surface area contributed by atoms with E-state index >= 15 is 0 Å². The van der Waals surface area contributed by atoms with E-state index in [2.05, 4.69) is 20.6 Å². The van der Waals surface area contributed by atoms with E-state index in [1.165, 1.54) is 34.8 Å². The minimum Gasteiger partial charge on any atom is -0.479 e. The predicted molar refractivity (Wildman–Crippen MR) is 110 cm³/mol. The molecule has 1 aliphatic heterocycles. The Hall–Kier alpha value is -3.22. The normalized spacial score (nSPS) is 18.2. The van der Waals surface area contributed by atoms with E-state index in [0.717, 1.165) is 0 Å². The fourth-order valence-corrected chi connectivity index (χ4v) is 4.08. The number of aliphatic carboxylic acids is 1. The summed E-state index contributed by atoms with van der Waals surface area (Å²) in [6, 6.07) is 4.78. The number of carbonyl (C=O) groups excluding carboxylic acids is 2. The van der Waals surface area contributed by atoms with Gasteiger partial charge in [-0.25, -0.2) is 19.2 Å². The van der Waals surface area contributed by atoms with Gasteiger partial charge >= 0.3 is 5.97 Å². The van der Waals surface area contributed by atoms with E-state index < -0.39 is 36.0 Å². The lowest BCUT2D eigenvalue weighted by atomic mass is 10.1. The van der Waals surface area contributed by atoms with Crippen molar-refractivity contribution in [3.05, 3.63) is 52.0 Å². The highest BCUT2D eigenvalue weighted by Crippen LogP contribution is 2.26. The predicted octanol–water partition coefficient (Wildman–Crippen LogP) is 1.92. The molecule has 3 N–H and O–H groups in total. The van der Waals surface area contributed by atoms with Crippen LogP contribution in [0.1, 0.15) is 5.69 Å². The lowest BCUT2D eigenvalue weighted by molar-refractivity contribution is -0.138. The van der Waals surface area contributed by atoms with Crippen LogP contribution >= 0.6 is 22.7 Å². The third kappa shape index (κ3) is 5.10. The second-order valence-electron chi connectivity index (χ2n) is 6.59. The highest BCUT2D eigenvalue weighted by molar-refractivity contribution is 7.14. The Morgan fingerprint density at radius 3 is 2.61 bits per heavy atom. The number of amides is 2. The molecule has 0 radical (unpaired) electrons. The molecule has 1 fully saturated rings. The monoisotopic (exact) mass is 462 g/mol. The first kappa shape index (κ1) is 21.0. The summed E-state index contributed by atoms with van der Waals surface area (Å²) in [7, 11) is 0. The summed E-state index contributed by atoms with van der Waals surface area (Å²) in [5, 5.41) is 17.8. The van der Waals surface area contributed by atoms with Gasteiger partial charge in [-0.05, 0) is 24.3 Å². The molecule has 3 aromatic rings. The number of carbonyl (C=O) groups is 3. The van der Waals surface area contributed by atoms with Crippen molar-refractivity contribution >= 4 is 45.6 Å². The van der Waals surface area contributed by atoms with Gasteiger partial charge in [-0.2, -0.15) is 0 Å². The van der Waals surface area contributed by atoms with Crippen molar-refractivity contribution in [2.24, 2.45) is 0 Å². The molecule has 2 aromatic heterocycles. The summed E-state index contributed by atoms with van der Waals surface area (Å²) in [6.07, 6.45) is -2.23. The number of nitrogens with zero attached hydrogens (tertiary/aromatic N) is 2. The molecule has 3 atom stereocenters. The Morgan fingerprint density at radius 2 is 1.97 bits per heavy atom. The zero-order chi connectivity index (χ0) is 22.0.